The molecule has 0 atom stereocenters. The number of hydrogen-bond acceptors (Lipinski definition) is 3. The van der Waals surface area contributed by atoms with Crippen molar-refractivity contribution in [2.75, 3.05) is 7.11 Å². The number of nitrogens with one attached hydrogen (secondary N) is 1. The van der Waals surface area contributed by atoms with E-state index in [0.29, 0.717) is 16.3 Å². The largest absolute Gasteiger partial charge is 0.496 e. The van der Waals surface area contributed by atoms with Gasteiger partial charge in [0.05, 0.1) is 19.3 Å². The maximum absolute atomic E-state index is 6.31. The van der Waals surface area contributed by atoms with Gasteiger partial charge in [0, 0.05) is 17.6 Å². The number of aromatic amines is 1. The fraction of sp³-hybridized carbons (Fsp3) is 0.286. The third-order valence-electron chi connectivity index (χ3n) is 3.54. The van der Waals surface area contributed by atoms with Crippen LogP contribution < -0.4 is 4.74 Å². The highest BCUT2D eigenvalue weighted by Crippen LogP contribution is 2.28. The van der Waals surface area contributed by atoms with Crippen molar-refractivity contribution in [1.29, 1.82) is 0 Å². The molecular formula is C14H15ClN4OS. The predicted octanol–water partition coefficient (Wildman–Crippen LogP) is 3.45. The van der Waals surface area contributed by atoms with Crippen LogP contribution in [0.5, 0.6) is 5.75 Å². The van der Waals surface area contributed by atoms with E-state index < -0.39 is 0 Å². The van der Waals surface area contributed by atoms with Gasteiger partial charge in [-0.3, -0.25) is 9.25 Å². The summed E-state index contributed by atoms with van der Waals surface area (Å²) in [5.74, 6) is 0.748. The molecule has 0 unspecified atom stereocenters. The van der Waals surface area contributed by atoms with Crippen molar-refractivity contribution in [2.45, 2.75) is 13.5 Å². The van der Waals surface area contributed by atoms with E-state index in [1.807, 2.05) is 41.4 Å². The topological polar surface area (TPSA) is 47.8 Å². The first kappa shape index (κ1) is 14.2. The lowest BCUT2D eigenvalue weighted by atomic mass is 10.2. The standard InChI is InChI=1S/C14H15ClN4OS/c1-8-12-13(18(2)17-8)19(14(21)16-12)7-9-10(15)5-4-6-11(9)20-3/h4-6H,7H2,1-3H3,(H,16,21). The summed E-state index contributed by atoms with van der Waals surface area (Å²) in [6.45, 7) is 2.48. The minimum Gasteiger partial charge on any atom is -0.496 e. The molecule has 0 fully saturated rings. The fourth-order valence-electron chi connectivity index (χ4n) is 2.56. The molecule has 0 saturated carbocycles. The summed E-state index contributed by atoms with van der Waals surface area (Å²) in [6, 6.07) is 5.61. The van der Waals surface area contributed by atoms with E-state index in [2.05, 4.69) is 10.1 Å². The summed E-state index contributed by atoms with van der Waals surface area (Å²) in [5, 5.41) is 5.07. The van der Waals surface area contributed by atoms with E-state index in [-0.39, 0.29) is 0 Å². The van der Waals surface area contributed by atoms with E-state index in [9.17, 15) is 0 Å². The quantitative estimate of drug-likeness (QED) is 0.751. The highest BCUT2D eigenvalue weighted by molar-refractivity contribution is 7.71. The van der Waals surface area contributed by atoms with Gasteiger partial charge in [-0.25, -0.2) is 0 Å². The van der Waals surface area contributed by atoms with Crippen LogP contribution in [-0.2, 0) is 13.6 Å². The zero-order valence-corrected chi connectivity index (χ0v) is 13.5. The zero-order chi connectivity index (χ0) is 15.1. The molecule has 3 rings (SSSR count). The smallest absolute Gasteiger partial charge is 0.179 e. The summed E-state index contributed by atoms with van der Waals surface area (Å²) in [7, 11) is 3.54. The van der Waals surface area contributed by atoms with Crippen molar-refractivity contribution in [2.24, 2.45) is 7.05 Å². The Morgan fingerprint density at radius 2 is 2.19 bits per heavy atom. The number of methoxy groups -OCH3 is 1. The average molecular weight is 323 g/mol. The number of aryl methyl sites for hydroxylation is 2. The third kappa shape index (κ3) is 2.24. The van der Waals surface area contributed by atoms with Gasteiger partial charge in [0.15, 0.2) is 10.4 Å². The average Bonchev–Trinajstić information content (AvgIpc) is 2.91. The fourth-order valence-corrected chi connectivity index (χ4v) is 3.04. The Morgan fingerprint density at radius 3 is 2.90 bits per heavy atom. The Labute approximate surface area is 132 Å². The molecule has 2 aromatic heterocycles. The van der Waals surface area contributed by atoms with Crippen molar-refractivity contribution in [3.05, 3.63) is 39.3 Å². The second-order valence-corrected chi connectivity index (χ2v) is 5.64. The van der Waals surface area contributed by atoms with E-state index >= 15 is 0 Å². The van der Waals surface area contributed by atoms with Gasteiger partial charge in [0.2, 0.25) is 0 Å². The Hall–Kier alpha value is -1.79. The number of hydrogen-bond donors (Lipinski definition) is 1. The highest BCUT2D eigenvalue weighted by Gasteiger charge is 2.15. The number of H-pyrrole nitrogens is 1. The van der Waals surface area contributed by atoms with Crippen molar-refractivity contribution in [1.82, 2.24) is 19.3 Å². The van der Waals surface area contributed by atoms with Crippen molar-refractivity contribution in [3.63, 3.8) is 0 Å². The molecule has 0 aliphatic rings. The van der Waals surface area contributed by atoms with Crippen LogP contribution in [0.25, 0.3) is 11.2 Å². The molecular weight excluding hydrogens is 308 g/mol. The summed E-state index contributed by atoms with van der Waals surface area (Å²) >= 11 is 11.7. The lowest BCUT2D eigenvalue weighted by Crippen LogP contribution is -2.06. The number of imidazole rings is 1. The highest BCUT2D eigenvalue weighted by atomic mass is 35.5. The molecule has 0 spiro atoms. The minimum absolute atomic E-state index is 0.528. The van der Waals surface area contributed by atoms with Gasteiger partial charge in [-0.1, -0.05) is 17.7 Å². The van der Waals surface area contributed by atoms with E-state index in [4.69, 9.17) is 28.6 Å². The lowest BCUT2D eigenvalue weighted by molar-refractivity contribution is 0.408. The van der Waals surface area contributed by atoms with Crippen molar-refractivity contribution < 1.29 is 4.74 Å². The molecule has 0 saturated heterocycles. The Morgan fingerprint density at radius 1 is 1.43 bits per heavy atom. The van der Waals surface area contributed by atoms with Gasteiger partial charge >= 0.3 is 0 Å². The Kier molecular flexibility index (Phi) is 3.51. The van der Waals surface area contributed by atoms with Crippen LogP contribution in [0.15, 0.2) is 18.2 Å². The van der Waals surface area contributed by atoms with Crippen LogP contribution >= 0.6 is 23.8 Å². The molecule has 0 radical (unpaired) electrons. The number of ether oxygens (including phenoxy) is 1. The van der Waals surface area contributed by atoms with Crippen LogP contribution in [0.2, 0.25) is 5.02 Å². The van der Waals surface area contributed by atoms with E-state index in [0.717, 1.165) is 28.2 Å². The summed E-state index contributed by atoms with van der Waals surface area (Å²) < 4.78 is 9.84. The number of rotatable bonds is 3. The monoisotopic (exact) mass is 322 g/mol. The molecule has 21 heavy (non-hydrogen) atoms. The Bertz CT molecular complexity index is 877. The molecule has 0 aliphatic heterocycles. The lowest BCUT2D eigenvalue weighted by Gasteiger charge is -2.11. The number of aromatic nitrogens is 4. The zero-order valence-electron chi connectivity index (χ0n) is 12.0. The van der Waals surface area contributed by atoms with Crippen LogP contribution in [-0.4, -0.2) is 26.4 Å². The van der Waals surface area contributed by atoms with Crippen LogP contribution in [0.1, 0.15) is 11.3 Å². The molecule has 3 aromatic rings. The maximum Gasteiger partial charge on any atom is 0.179 e. The normalized spacial score (nSPS) is 11.2. The molecule has 1 N–H and O–H groups in total. The minimum atomic E-state index is 0.528. The molecule has 0 aliphatic carbocycles. The molecule has 1 aromatic carbocycles. The first-order valence-corrected chi connectivity index (χ1v) is 7.25. The summed E-state index contributed by atoms with van der Waals surface area (Å²) in [5.41, 5.74) is 3.72. The summed E-state index contributed by atoms with van der Waals surface area (Å²) in [6.07, 6.45) is 0. The molecule has 7 heteroatoms. The summed E-state index contributed by atoms with van der Waals surface area (Å²) in [4.78, 5) is 3.20. The van der Waals surface area contributed by atoms with Crippen LogP contribution in [0, 0.1) is 11.7 Å². The second kappa shape index (κ2) is 5.20. The second-order valence-electron chi connectivity index (χ2n) is 4.84. The van der Waals surface area contributed by atoms with E-state index in [1.54, 1.807) is 7.11 Å². The SMILES string of the molecule is COc1cccc(Cl)c1Cn1c(=S)[nH]c2c(C)nn(C)c21. The third-order valence-corrected chi connectivity index (χ3v) is 4.21. The van der Waals surface area contributed by atoms with Crippen LogP contribution in [0.4, 0.5) is 0 Å². The van der Waals surface area contributed by atoms with Crippen LogP contribution in [0.3, 0.4) is 0 Å². The molecule has 0 amide bonds. The van der Waals surface area contributed by atoms with Gasteiger partial charge in [-0.05, 0) is 31.3 Å². The van der Waals surface area contributed by atoms with Gasteiger partial charge in [0.1, 0.15) is 11.3 Å². The molecule has 110 valence electrons. The predicted molar refractivity (Wildman–Crippen MR) is 85.7 cm³/mol. The first-order chi connectivity index (χ1) is 10.0. The van der Waals surface area contributed by atoms with Crippen molar-refractivity contribution in [3.8, 4) is 5.75 Å². The Balaban J connectivity index is 2.19. The molecule has 0 bridgehead atoms. The first-order valence-electron chi connectivity index (χ1n) is 6.46. The molecule has 5 nitrogen and oxygen atoms in total. The van der Waals surface area contributed by atoms with Crippen molar-refractivity contribution >= 4 is 35.0 Å². The number of fused-ring (bicyclic) bond motifs is 1. The maximum atomic E-state index is 6.31. The van der Waals surface area contributed by atoms with E-state index in [1.165, 1.54) is 0 Å². The van der Waals surface area contributed by atoms with Gasteiger partial charge in [-0.2, -0.15) is 5.10 Å². The van der Waals surface area contributed by atoms with Gasteiger partial charge < -0.3 is 9.72 Å². The number of halogens is 1. The van der Waals surface area contributed by atoms with Gasteiger partial charge in [-0.15, -0.1) is 0 Å². The number of benzene rings is 1. The number of nitrogens with zero attached hydrogens (tertiary/aromatic N) is 3. The molecule has 2 heterocycles. The van der Waals surface area contributed by atoms with Gasteiger partial charge in [0.25, 0.3) is 0 Å².